The maximum Gasteiger partial charge on any atom is 0.234 e. The molecule has 0 saturated carbocycles. The molecule has 1 fully saturated rings. The first-order valence-electron chi connectivity index (χ1n) is 5.96. The minimum Gasteiger partial charge on any atom is -0.377 e. The van der Waals surface area contributed by atoms with E-state index < -0.39 is 0 Å². The van der Waals surface area contributed by atoms with Gasteiger partial charge in [0.15, 0.2) is 0 Å². The standard InChI is InChI=1S/C11H22N2O2S/c1-2-16-7-5-10(11(12)14)13-8-9-4-3-6-15-9/h9-10,13H,2-8H2,1H3,(H2,12,14). The Morgan fingerprint density at radius 1 is 1.69 bits per heavy atom. The second-order valence-corrected chi connectivity index (χ2v) is 5.38. The number of carbonyl (C=O) groups excluding carboxylic acids is 1. The van der Waals surface area contributed by atoms with E-state index in [2.05, 4.69) is 12.2 Å². The van der Waals surface area contributed by atoms with Crippen LogP contribution in [0.3, 0.4) is 0 Å². The normalized spacial score (nSPS) is 22.2. The zero-order valence-corrected chi connectivity index (χ0v) is 10.7. The number of amides is 1. The molecular formula is C11H22N2O2S. The molecule has 1 amide bonds. The van der Waals surface area contributed by atoms with Crippen molar-refractivity contribution in [3.05, 3.63) is 0 Å². The van der Waals surface area contributed by atoms with Crippen molar-refractivity contribution in [3.63, 3.8) is 0 Å². The lowest BCUT2D eigenvalue weighted by Gasteiger charge is -2.17. The molecular weight excluding hydrogens is 224 g/mol. The van der Waals surface area contributed by atoms with Gasteiger partial charge in [-0.15, -0.1) is 0 Å². The summed E-state index contributed by atoms with van der Waals surface area (Å²) in [5, 5.41) is 3.21. The van der Waals surface area contributed by atoms with Gasteiger partial charge >= 0.3 is 0 Å². The van der Waals surface area contributed by atoms with E-state index in [0.29, 0.717) is 0 Å². The predicted molar refractivity (Wildman–Crippen MR) is 67.6 cm³/mol. The van der Waals surface area contributed by atoms with E-state index in [1.54, 1.807) is 0 Å². The van der Waals surface area contributed by atoms with Crippen molar-refractivity contribution in [3.8, 4) is 0 Å². The van der Waals surface area contributed by atoms with Crippen LogP contribution in [0.2, 0.25) is 0 Å². The van der Waals surface area contributed by atoms with Gasteiger partial charge in [-0.1, -0.05) is 6.92 Å². The summed E-state index contributed by atoms with van der Waals surface area (Å²) in [5.41, 5.74) is 5.35. The summed E-state index contributed by atoms with van der Waals surface area (Å²) in [7, 11) is 0. The van der Waals surface area contributed by atoms with Gasteiger partial charge in [0.05, 0.1) is 12.1 Å². The van der Waals surface area contributed by atoms with Crippen LogP contribution >= 0.6 is 11.8 Å². The molecule has 0 aliphatic carbocycles. The van der Waals surface area contributed by atoms with Crippen LogP contribution in [-0.2, 0) is 9.53 Å². The average Bonchev–Trinajstić information content (AvgIpc) is 2.75. The number of ether oxygens (including phenoxy) is 1. The first kappa shape index (κ1) is 13.8. The largest absolute Gasteiger partial charge is 0.377 e. The minimum absolute atomic E-state index is 0.205. The van der Waals surface area contributed by atoms with Crippen LogP contribution < -0.4 is 11.1 Å². The van der Waals surface area contributed by atoms with E-state index in [9.17, 15) is 4.79 Å². The number of hydrogen-bond donors (Lipinski definition) is 2. The fraction of sp³-hybridized carbons (Fsp3) is 0.909. The van der Waals surface area contributed by atoms with Gasteiger partial charge in [-0.25, -0.2) is 0 Å². The van der Waals surface area contributed by atoms with Crippen LogP contribution in [0.25, 0.3) is 0 Å². The molecule has 1 aliphatic heterocycles. The maximum atomic E-state index is 11.2. The molecule has 1 rings (SSSR count). The monoisotopic (exact) mass is 246 g/mol. The van der Waals surface area contributed by atoms with Crippen LogP contribution in [0.1, 0.15) is 26.2 Å². The predicted octanol–water partition coefficient (Wildman–Crippen LogP) is 0.752. The van der Waals surface area contributed by atoms with E-state index in [0.717, 1.165) is 43.9 Å². The molecule has 1 heterocycles. The van der Waals surface area contributed by atoms with Gasteiger partial charge in [-0.2, -0.15) is 11.8 Å². The molecule has 0 bridgehead atoms. The third-order valence-electron chi connectivity index (χ3n) is 2.71. The molecule has 0 aromatic carbocycles. The van der Waals surface area contributed by atoms with Crippen molar-refractivity contribution in [2.75, 3.05) is 24.7 Å². The Balaban J connectivity index is 2.18. The number of thioether (sulfide) groups is 1. The second kappa shape index (κ2) is 7.92. The molecule has 1 saturated heterocycles. The lowest BCUT2D eigenvalue weighted by molar-refractivity contribution is -0.120. The van der Waals surface area contributed by atoms with Gasteiger partial charge in [0.25, 0.3) is 0 Å². The van der Waals surface area contributed by atoms with E-state index >= 15 is 0 Å². The zero-order valence-electron chi connectivity index (χ0n) is 9.91. The number of rotatable bonds is 8. The smallest absolute Gasteiger partial charge is 0.234 e. The highest BCUT2D eigenvalue weighted by molar-refractivity contribution is 7.99. The van der Waals surface area contributed by atoms with Gasteiger partial charge in [0.1, 0.15) is 0 Å². The number of hydrogen-bond acceptors (Lipinski definition) is 4. The number of primary amides is 1. The van der Waals surface area contributed by atoms with Crippen molar-refractivity contribution in [1.82, 2.24) is 5.32 Å². The van der Waals surface area contributed by atoms with Crippen molar-refractivity contribution in [2.45, 2.75) is 38.3 Å². The van der Waals surface area contributed by atoms with Crippen molar-refractivity contribution in [2.24, 2.45) is 5.73 Å². The Morgan fingerprint density at radius 3 is 3.06 bits per heavy atom. The van der Waals surface area contributed by atoms with Gasteiger partial charge in [0.2, 0.25) is 5.91 Å². The number of carbonyl (C=O) groups is 1. The van der Waals surface area contributed by atoms with Gasteiger partial charge < -0.3 is 15.8 Å². The third-order valence-corrected chi connectivity index (χ3v) is 3.65. The lowest BCUT2D eigenvalue weighted by atomic mass is 10.2. The Morgan fingerprint density at radius 2 is 2.50 bits per heavy atom. The van der Waals surface area contributed by atoms with Gasteiger partial charge in [-0.3, -0.25) is 4.79 Å². The SMILES string of the molecule is CCSCCC(NCC1CCCO1)C(N)=O. The molecule has 94 valence electrons. The van der Waals surface area contributed by atoms with Gasteiger partial charge in [-0.05, 0) is 30.8 Å². The van der Waals surface area contributed by atoms with Crippen molar-refractivity contribution < 1.29 is 9.53 Å². The zero-order chi connectivity index (χ0) is 11.8. The Labute approximate surface area is 102 Å². The van der Waals surface area contributed by atoms with E-state index in [-0.39, 0.29) is 18.1 Å². The maximum absolute atomic E-state index is 11.2. The molecule has 2 unspecified atom stereocenters. The van der Waals surface area contributed by atoms with E-state index in [1.807, 2.05) is 11.8 Å². The minimum atomic E-state index is -0.255. The highest BCUT2D eigenvalue weighted by Gasteiger charge is 2.19. The summed E-state index contributed by atoms with van der Waals surface area (Å²) in [4.78, 5) is 11.2. The number of nitrogens with one attached hydrogen (secondary N) is 1. The lowest BCUT2D eigenvalue weighted by Crippen LogP contribution is -2.44. The first-order valence-corrected chi connectivity index (χ1v) is 7.11. The van der Waals surface area contributed by atoms with Crippen molar-refractivity contribution in [1.29, 1.82) is 0 Å². The first-order chi connectivity index (χ1) is 7.74. The molecule has 0 aromatic rings. The molecule has 2 atom stereocenters. The summed E-state index contributed by atoms with van der Waals surface area (Å²) in [6.07, 6.45) is 3.28. The van der Waals surface area contributed by atoms with Crippen LogP contribution in [0.5, 0.6) is 0 Å². The van der Waals surface area contributed by atoms with E-state index in [4.69, 9.17) is 10.5 Å². The fourth-order valence-electron chi connectivity index (χ4n) is 1.77. The van der Waals surface area contributed by atoms with Crippen molar-refractivity contribution >= 4 is 17.7 Å². The fourth-order valence-corrected chi connectivity index (χ4v) is 2.46. The highest BCUT2D eigenvalue weighted by atomic mass is 32.2. The molecule has 5 heteroatoms. The molecule has 0 radical (unpaired) electrons. The molecule has 3 N–H and O–H groups in total. The molecule has 1 aliphatic rings. The summed E-state index contributed by atoms with van der Waals surface area (Å²) in [5.74, 6) is 1.80. The molecule has 0 aromatic heterocycles. The Hall–Kier alpha value is -0.260. The van der Waals surface area contributed by atoms with Crippen LogP contribution in [0.15, 0.2) is 0 Å². The molecule has 0 spiro atoms. The summed E-state index contributed by atoms with van der Waals surface area (Å²) < 4.78 is 5.49. The third kappa shape index (κ3) is 5.18. The Kier molecular flexibility index (Phi) is 6.84. The number of nitrogens with two attached hydrogens (primary N) is 1. The summed E-state index contributed by atoms with van der Waals surface area (Å²) >= 11 is 1.83. The quantitative estimate of drug-likeness (QED) is 0.620. The molecule has 16 heavy (non-hydrogen) atoms. The van der Waals surface area contributed by atoms with Crippen LogP contribution in [0.4, 0.5) is 0 Å². The molecule has 4 nitrogen and oxygen atoms in total. The highest BCUT2D eigenvalue weighted by Crippen LogP contribution is 2.11. The summed E-state index contributed by atoms with van der Waals surface area (Å²) in [6.45, 7) is 3.70. The van der Waals surface area contributed by atoms with Crippen LogP contribution in [0, 0.1) is 0 Å². The van der Waals surface area contributed by atoms with Gasteiger partial charge in [0, 0.05) is 13.2 Å². The second-order valence-electron chi connectivity index (χ2n) is 3.98. The summed E-state index contributed by atoms with van der Waals surface area (Å²) in [6, 6.07) is -0.205. The van der Waals surface area contributed by atoms with Crippen LogP contribution in [-0.4, -0.2) is 42.7 Å². The topological polar surface area (TPSA) is 64.3 Å². The van der Waals surface area contributed by atoms with E-state index in [1.165, 1.54) is 0 Å². The Bertz CT molecular complexity index is 208. The average molecular weight is 246 g/mol.